The molecule has 0 aliphatic rings. The lowest BCUT2D eigenvalue weighted by molar-refractivity contribution is -0.166. The number of unbranched alkanes of at least 4 members (excludes halogenated alkanes) is 25. The van der Waals surface area contributed by atoms with E-state index in [0.29, 0.717) is 19.3 Å². The molecule has 6 heteroatoms. The third kappa shape index (κ3) is 60.7. The van der Waals surface area contributed by atoms with Crippen LogP contribution in [0.5, 0.6) is 0 Å². The molecule has 0 amide bonds. The summed E-state index contributed by atoms with van der Waals surface area (Å²) in [4.78, 5) is 38.3. The predicted molar refractivity (Wildman–Crippen MR) is 330 cm³/mol. The van der Waals surface area contributed by atoms with Gasteiger partial charge < -0.3 is 14.2 Å². The van der Waals surface area contributed by atoms with E-state index in [1.807, 2.05) is 6.08 Å². The Morgan fingerprint density at radius 1 is 0.276 bits per heavy atom. The summed E-state index contributed by atoms with van der Waals surface area (Å²) in [5.41, 5.74) is 0. The highest BCUT2D eigenvalue weighted by atomic mass is 16.6. The van der Waals surface area contributed by atoms with Crippen LogP contribution in [0.4, 0.5) is 0 Å². The van der Waals surface area contributed by atoms with Crippen molar-refractivity contribution in [2.45, 2.75) is 290 Å². The van der Waals surface area contributed by atoms with E-state index in [2.05, 4.69) is 136 Å². The van der Waals surface area contributed by atoms with Crippen molar-refractivity contribution in [1.82, 2.24) is 0 Å². The molecule has 0 spiro atoms. The van der Waals surface area contributed by atoms with Gasteiger partial charge >= 0.3 is 17.9 Å². The van der Waals surface area contributed by atoms with Crippen molar-refractivity contribution in [3.05, 3.63) is 122 Å². The van der Waals surface area contributed by atoms with Crippen LogP contribution < -0.4 is 0 Å². The Balaban J connectivity index is 4.50. The van der Waals surface area contributed by atoms with E-state index in [4.69, 9.17) is 14.2 Å². The fourth-order valence-corrected chi connectivity index (χ4v) is 8.58. The van der Waals surface area contributed by atoms with Gasteiger partial charge in [-0.05, 0) is 96.3 Å². The molecule has 0 saturated carbocycles. The van der Waals surface area contributed by atoms with Crippen molar-refractivity contribution in [3.8, 4) is 0 Å². The molecule has 0 rings (SSSR count). The zero-order valence-electron chi connectivity index (χ0n) is 49.5. The number of esters is 3. The number of hydrogen-bond donors (Lipinski definition) is 0. The monoisotopic (exact) mass is 1050 g/mol. The second-order valence-electron chi connectivity index (χ2n) is 20.6. The van der Waals surface area contributed by atoms with E-state index in [1.54, 1.807) is 0 Å². The molecule has 0 aromatic carbocycles. The summed E-state index contributed by atoms with van der Waals surface area (Å²) in [7, 11) is 0. The van der Waals surface area contributed by atoms with Crippen LogP contribution in [0.2, 0.25) is 0 Å². The first-order valence-corrected chi connectivity index (χ1v) is 31.5. The Kier molecular flexibility index (Phi) is 59.9. The van der Waals surface area contributed by atoms with Crippen LogP contribution in [0.25, 0.3) is 0 Å². The Morgan fingerprint density at radius 2 is 0.539 bits per heavy atom. The van der Waals surface area contributed by atoms with Crippen molar-refractivity contribution in [2.75, 3.05) is 13.2 Å². The Labute approximate surface area is 469 Å². The van der Waals surface area contributed by atoms with Gasteiger partial charge in [0.15, 0.2) is 6.10 Å². The number of hydrogen-bond acceptors (Lipinski definition) is 6. The Bertz CT molecular complexity index is 1590. The fraction of sp³-hybridized carbons (Fsp3) is 0.671. The molecule has 0 aliphatic heterocycles. The number of carbonyl (C=O) groups is 3. The average Bonchev–Trinajstić information content (AvgIpc) is 3.42. The van der Waals surface area contributed by atoms with Gasteiger partial charge in [-0.15, -0.1) is 0 Å². The lowest BCUT2D eigenvalue weighted by atomic mass is 10.0. The Morgan fingerprint density at radius 3 is 0.855 bits per heavy atom. The molecule has 1 unspecified atom stereocenters. The highest BCUT2D eigenvalue weighted by Crippen LogP contribution is 2.16. The van der Waals surface area contributed by atoms with Gasteiger partial charge in [-0.2, -0.15) is 0 Å². The molecule has 0 radical (unpaired) electrons. The summed E-state index contributed by atoms with van der Waals surface area (Å²) in [5.74, 6) is -0.998. The van der Waals surface area contributed by atoms with Crippen molar-refractivity contribution in [2.24, 2.45) is 0 Å². The number of rotatable bonds is 56. The van der Waals surface area contributed by atoms with Crippen LogP contribution in [-0.2, 0) is 28.6 Å². The fourth-order valence-electron chi connectivity index (χ4n) is 8.58. The maximum atomic E-state index is 12.9. The van der Waals surface area contributed by atoms with Gasteiger partial charge in [0.2, 0.25) is 0 Å². The zero-order valence-corrected chi connectivity index (χ0v) is 49.5. The van der Waals surface area contributed by atoms with E-state index in [0.717, 1.165) is 109 Å². The maximum absolute atomic E-state index is 12.9. The Hall–Kier alpha value is -4.19. The largest absolute Gasteiger partial charge is 0.462 e. The summed E-state index contributed by atoms with van der Waals surface area (Å²) >= 11 is 0. The highest BCUT2D eigenvalue weighted by molar-refractivity contribution is 5.71. The van der Waals surface area contributed by atoms with Crippen molar-refractivity contribution in [1.29, 1.82) is 0 Å². The topological polar surface area (TPSA) is 78.9 Å². The van der Waals surface area contributed by atoms with E-state index >= 15 is 0 Å². The lowest BCUT2D eigenvalue weighted by Crippen LogP contribution is -2.30. The molecule has 0 aliphatic carbocycles. The molecule has 0 saturated heterocycles. The normalized spacial score (nSPS) is 12.9. The third-order valence-electron chi connectivity index (χ3n) is 13.2. The van der Waals surface area contributed by atoms with Gasteiger partial charge in [0.25, 0.3) is 0 Å². The highest BCUT2D eigenvalue weighted by Gasteiger charge is 2.19. The SMILES string of the molecule is CC/C=C\C/C=C\C/C=C\C/C=C\C/C=C\C/C=C\CCC(=O)OC(COC(=O)CCCCCCCCCC/C=C\C/C=C\C/C=C\C/C=C\CC)COC(=O)CCCCCCCCCCCCCCCCCCCC. The minimum absolute atomic E-state index is 0.111. The van der Waals surface area contributed by atoms with Crippen LogP contribution in [-0.4, -0.2) is 37.2 Å². The van der Waals surface area contributed by atoms with Crippen molar-refractivity contribution < 1.29 is 28.6 Å². The molecule has 432 valence electrons. The van der Waals surface area contributed by atoms with E-state index in [-0.39, 0.29) is 31.6 Å². The molecule has 0 bridgehead atoms. The first kappa shape index (κ1) is 71.8. The zero-order chi connectivity index (χ0) is 55.0. The molecule has 0 aromatic rings. The van der Waals surface area contributed by atoms with Gasteiger partial charge in [-0.1, -0.05) is 290 Å². The first-order chi connectivity index (χ1) is 37.5. The lowest BCUT2D eigenvalue weighted by Gasteiger charge is -2.18. The minimum atomic E-state index is -0.825. The third-order valence-corrected chi connectivity index (χ3v) is 13.2. The van der Waals surface area contributed by atoms with Crippen LogP contribution in [0, 0.1) is 0 Å². The maximum Gasteiger partial charge on any atom is 0.306 e. The van der Waals surface area contributed by atoms with Crippen LogP contribution >= 0.6 is 0 Å². The quantitative estimate of drug-likeness (QED) is 0.0261. The molecule has 0 heterocycles. The predicted octanol–water partition coefficient (Wildman–Crippen LogP) is 21.6. The van der Waals surface area contributed by atoms with Gasteiger partial charge in [-0.3, -0.25) is 14.4 Å². The van der Waals surface area contributed by atoms with Crippen LogP contribution in [0.15, 0.2) is 122 Å². The summed E-state index contributed by atoms with van der Waals surface area (Å²) in [6, 6.07) is 0. The summed E-state index contributed by atoms with van der Waals surface area (Å²) in [6.45, 7) is 6.37. The van der Waals surface area contributed by atoms with Crippen LogP contribution in [0.3, 0.4) is 0 Å². The molecule has 0 N–H and O–H groups in total. The molecular weight excluding hydrogens is 937 g/mol. The van der Waals surface area contributed by atoms with E-state index in [9.17, 15) is 14.4 Å². The molecule has 6 nitrogen and oxygen atoms in total. The molecule has 0 aromatic heterocycles. The second kappa shape index (κ2) is 63.3. The van der Waals surface area contributed by atoms with Gasteiger partial charge in [-0.25, -0.2) is 0 Å². The van der Waals surface area contributed by atoms with E-state index in [1.165, 1.54) is 128 Å². The van der Waals surface area contributed by atoms with Crippen LogP contribution in [0.1, 0.15) is 284 Å². The van der Waals surface area contributed by atoms with E-state index < -0.39 is 12.1 Å². The van der Waals surface area contributed by atoms with Gasteiger partial charge in [0.05, 0.1) is 0 Å². The summed E-state index contributed by atoms with van der Waals surface area (Å²) in [5, 5.41) is 0. The molecule has 1 atom stereocenters. The van der Waals surface area contributed by atoms with Crippen molar-refractivity contribution in [3.63, 3.8) is 0 Å². The summed E-state index contributed by atoms with van der Waals surface area (Å²) < 4.78 is 16.9. The summed E-state index contributed by atoms with van der Waals surface area (Å²) in [6.07, 6.45) is 87.8. The van der Waals surface area contributed by atoms with Crippen molar-refractivity contribution >= 4 is 17.9 Å². The minimum Gasteiger partial charge on any atom is -0.462 e. The molecule has 76 heavy (non-hydrogen) atoms. The average molecular weight is 1050 g/mol. The standard InChI is InChI=1S/C70H116O6/c1-4-7-10-13-16-19-22-25-28-31-34-35-37-39-42-45-48-51-54-57-60-63-69(72)75-66-67(65-74-68(71)62-59-56-53-50-47-44-41-38-33-30-27-24-21-18-15-12-9-6-3)76-70(73)64-61-58-55-52-49-46-43-40-36-32-29-26-23-20-17-14-11-8-5-2/h7-8,10-11,16-17,19-20,25-26,28-29,34-36,40,46,49,55,58,67H,4-6,9,12-15,18,21-24,27,30-33,37-39,41-45,47-48,50-54,56-57,59-66H2,1-3H3/b10-7-,11-8-,19-16-,20-17-,28-25-,29-26-,35-34-,40-36-,49-46-,58-55-. The molecule has 0 fully saturated rings. The second-order valence-corrected chi connectivity index (χ2v) is 20.6. The van der Waals surface area contributed by atoms with Gasteiger partial charge in [0.1, 0.15) is 13.2 Å². The number of ether oxygens (including phenoxy) is 3. The number of allylic oxidation sites excluding steroid dienone is 20. The first-order valence-electron chi connectivity index (χ1n) is 31.5. The van der Waals surface area contributed by atoms with Gasteiger partial charge in [0, 0.05) is 19.3 Å². The molecular formula is C70H116O6. The smallest absolute Gasteiger partial charge is 0.306 e. The number of carbonyl (C=O) groups excluding carboxylic acids is 3.